The van der Waals surface area contributed by atoms with Crippen molar-refractivity contribution in [3.8, 4) is 0 Å². The molecule has 0 aromatic heterocycles. The number of carbonyl (C=O) groups is 1. The van der Waals surface area contributed by atoms with Gasteiger partial charge in [-0.3, -0.25) is 4.79 Å². The van der Waals surface area contributed by atoms with Crippen LogP contribution in [0.5, 0.6) is 0 Å². The minimum absolute atomic E-state index is 0.00273. The van der Waals surface area contributed by atoms with Crippen molar-refractivity contribution in [2.45, 2.75) is 63.9 Å². The second-order valence-corrected chi connectivity index (χ2v) is 6.11. The normalized spacial score (nSPS) is 26.9. The summed E-state index contributed by atoms with van der Waals surface area (Å²) >= 11 is 0. The van der Waals surface area contributed by atoms with Gasteiger partial charge in [-0.2, -0.15) is 0 Å². The van der Waals surface area contributed by atoms with Crippen molar-refractivity contribution >= 4 is 5.97 Å². The first-order valence-electron chi connectivity index (χ1n) is 7.71. The van der Waals surface area contributed by atoms with E-state index < -0.39 is 0 Å². The lowest BCUT2D eigenvalue weighted by Gasteiger charge is -2.35. The Morgan fingerprint density at radius 1 is 1.21 bits per heavy atom. The van der Waals surface area contributed by atoms with Crippen LogP contribution in [0.2, 0.25) is 0 Å². The first kappa shape index (κ1) is 14.8. The Morgan fingerprint density at radius 3 is 2.63 bits per heavy atom. The summed E-state index contributed by atoms with van der Waals surface area (Å²) < 4.78 is 11.0. The Bertz CT molecular complexity index is 281. The third-order valence-electron chi connectivity index (χ3n) is 4.57. The van der Waals surface area contributed by atoms with Crippen molar-refractivity contribution in [1.29, 1.82) is 0 Å². The Labute approximate surface area is 116 Å². The molecule has 19 heavy (non-hydrogen) atoms. The van der Waals surface area contributed by atoms with Crippen LogP contribution in [0.15, 0.2) is 0 Å². The second kappa shape index (κ2) is 7.25. The van der Waals surface area contributed by atoms with Gasteiger partial charge in [0.2, 0.25) is 0 Å². The fourth-order valence-corrected chi connectivity index (χ4v) is 3.24. The maximum absolute atomic E-state index is 12.0. The summed E-state index contributed by atoms with van der Waals surface area (Å²) in [5.74, 6) is -0.0958. The van der Waals surface area contributed by atoms with E-state index in [2.05, 4.69) is 0 Å². The van der Waals surface area contributed by atoms with E-state index in [4.69, 9.17) is 15.2 Å². The molecule has 0 bridgehead atoms. The van der Waals surface area contributed by atoms with E-state index in [1.54, 1.807) is 0 Å². The molecule has 0 aromatic carbocycles. The standard InChI is InChI=1S/C15H27NO3/c16-12-15(7-3-1-4-8-15)10-14(17)19-11-13-6-2-5-9-18-13/h13H,1-12,16H2. The van der Waals surface area contributed by atoms with Crippen molar-refractivity contribution in [3.63, 3.8) is 0 Å². The lowest BCUT2D eigenvalue weighted by molar-refractivity contribution is -0.152. The predicted octanol–water partition coefficient (Wildman–Crippen LogP) is 2.40. The zero-order valence-corrected chi connectivity index (χ0v) is 11.9. The molecule has 1 saturated carbocycles. The molecule has 4 nitrogen and oxygen atoms in total. The summed E-state index contributed by atoms with van der Waals surface area (Å²) in [6.45, 7) is 1.82. The summed E-state index contributed by atoms with van der Waals surface area (Å²) in [4.78, 5) is 12.0. The van der Waals surface area contributed by atoms with Crippen LogP contribution in [0.3, 0.4) is 0 Å². The van der Waals surface area contributed by atoms with Gasteiger partial charge >= 0.3 is 5.97 Å². The molecule has 0 aromatic rings. The van der Waals surface area contributed by atoms with Gasteiger partial charge < -0.3 is 15.2 Å². The molecule has 2 N–H and O–H groups in total. The third-order valence-corrected chi connectivity index (χ3v) is 4.57. The maximum Gasteiger partial charge on any atom is 0.306 e. The molecule has 0 amide bonds. The number of hydrogen-bond acceptors (Lipinski definition) is 4. The lowest BCUT2D eigenvalue weighted by Crippen LogP contribution is -2.36. The van der Waals surface area contributed by atoms with E-state index in [1.165, 1.54) is 25.7 Å². The number of esters is 1. The summed E-state index contributed by atoms with van der Waals surface area (Å²) in [5, 5.41) is 0. The number of ether oxygens (including phenoxy) is 2. The molecule has 4 heteroatoms. The molecule has 1 aliphatic heterocycles. The first-order chi connectivity index (χ1) is 9.24. The van der Waals surface area contributed by atoms with Crippen LogP contribution in [0.25, 0.3) is 0 Å². The number of carbonyl (C=O) groups excluding carboxylic acids is 1. The van der Waals surface area contributed by atoms with Crippen LogP contribution >= 0.6 is 0 Å². The van der Waals surface area contributed by atoms with Gasteiger partial charge in [0.25, 0.3) is 0 Å². The molecule has 1 unspecified atom stereocenters. The van der Waals surface area contributed by atoms with Gasteiger partial charge in [-0.1, -0.05) is 19.3 Å². The van der Waals surface area contributed by atoms with E-state index in [0.717, 1.165) is 32.3 Å². The highest BCUT2D eigenvalue weighted by Gasteiger charge is 2.33. The van der Waals surface area contributed by atoms with Crippen LogP contribution in [0.1, 0.15) is 57.8 Å². The Balaban J connectivity index is 1.72. The Morgan fingerprint density at radius 2 is 2.00 bits per heavy atom. The number of rotatable bonds is 5. The fraction of sp³-hybridized carbons (Fsp3) is 0.933. The van der Waals surface area contributed by atoms with Gasteiger partial charge in [-0.25, -0.2) is 0 Å². The molecule has 2 aliphatic rings. The smallest absolute Gasteiger partial charge is 0.306 e. The van der Waals surface area contributed by atoms with Crippen LogP contribution < -0.4 is 5.73 Å². The van der Waals surface area contributed by atoms with Crippen molar-refractivity contribution < 1.29 is 14.3 Å². The highest BCUT2D eigenvalue weighted by molar-refractivity contribution is 5.70. The zero-order chi connectivity index (χ0) is 13.6. The molecule has 1 heterocycles. The van der Waals surface area contributed by atoms with Gasteiger partial charge in [-0.05, 0) is 44.1 Å². The van der Waals surface area contributed by atoms with Crippen LogP contribution in [0, 0.1) is 5.41 Å². The van der Waals surface area contributed by atoms with Gasteiger partial charge in [0.05, 0.1) is 12.5 Å². The second-order valence-electron chi connectivity index (χ2n) is 6.11. The molecule has 0 radical (unpaired) electrons. The number of hydrogen-bond donors (Lipinski definition) is 1. The van der Waals surface area contributed by atoms with Crippen LogP contribution in [-0.4, -0.2) is 31.8 Å². The molecule has 110 valence electrons. The molecule has 1 atom stereocenters. The van der Waals surface area contributed by atoms with E-state index >= 15 is 0 Å². The Hall–Kier alpha value is -0.610. The minimum atomic E-state index is -0.0958. The largest absolute Gasteiger partial charge is 0.463 e. The van der Waals surface area contributed by atoms with Gasteiger partial charge in [0, 0.05) is 6.61 Å². The molecule has 1 aliphatic carbocycles. The highest BCUT2D eigenvalue weighted by atomic mass is 16.6. The maximum atomic E-state index is 12.0. The summed E-state index contributed by atoms with van der Waals surface area (Å²) in [7, 11) is 0. The highest BCUT2D eigenvalue weighted by Crippen LogP contribution is 2.38. The average Bonchev–Trinajstić information content (AvgIpc) is 2.47. The van der Waals surface area contributed by atoms with E-state index in [1.807, 2.05) is 0 Å². The van der Waals surface area contributed by atoms with Crippen LogP contribution in [0.4, 0.5) is 0 Å². The van der Waals surface area contributed by atoms with Gasteiger partial charge in [0.1, 0.15) is 6.61 Å². The SMILES string of the molecule is NCC1(CC(=O)OCC2CCCCO2)CCCCC1. The molecule has 2 fully saturated rings. The average molecular weight is 269 g/mol. The van der Waals surface area contributed by atoms with Crippen molar-refractivity contribution in [2.75, 3.05) is 19.8 Å². The molecule has 1 saturated heterocycles. The van der Waals surface area contributed by atoms with E-state index in [0.29, 0.717) is 19.6 Å². The Kier molecular flexibility index (Phi) is 5.64. The fourth-order valence-electron chi connectivity index (χ4n) is 3.24. The topological polar surface area (TPSA) is 61.6 Å². The third kappa shape index (κ3) is 4.46. The van der Waals surface area contributed by atoms with Crippen molar-refractivity contribution in [2.24, 2.45) is 11.1 Å². The van der Waals surface area contributed by atoms with Gasteiger partial charge in [-0.15, -0.1) is 0 Å². The minimum Gasteiger partial charge on any atom is -0.463 e. The van der Waals surface area contributed by atoms with Crippen LogP contribution in [-0.2, 0) is 14.3 Å². The van der Waals surface area contributed by atoms with Crippen molar-refractivity contribution in [3.05, 3.63) is 0 Å². The zero-order valence-electron chi connectivity index (χ0n) is 11.9. The monoisotopic (exact) mass is 269 g/mol. The quantitative estimate of drug-likeness (QED) is 0.778. The van der Waals surface area contributed by atoms with Crippen molar-refractivity contribution in [1.82, 2.24) is 0 Å². The molecule has 0 spiro atoms. The first-order valence-corrected chi connectivity index (χ1v) is 7.71. The van der Waals surface area contributed by atoms with E-state index in [-0.39, 0.29) is 17.5 Å². The number of nitrogens with two attached hydrogens (primary N) is 1. The molecular weight excluding hydrogens is 242 g/mol. The lowest BCUT2D eigenvalue weighted by atomic mass is 9.72. The summed E-state index contributed by atoms with van der Waals surface area (Å²) in [6.07, 6.45) is 9.69. The summed E-state index contributed by atoms with van der Waals surface area (Å²) in [5.41, 5.74) is 5.90. The van der Waals surface area contributed by atoms with Gasteiger partial charge in [0.15, 0.2) is 0 Å². The van der Waals surface area contributed by atoms with E-state index in [9.17, 15) is 4.79 Å². The summed E-state index contributed by atoms with van der Waals surface area (Å²) in [6, 6.07) is 0. The molecular formula is C15H27NO3. The molecule has 2 rings (SSSR count). The predicted molar refractivity (Wildman–Crippen MR) is 73.7 cm³/mol.